The Morgan fingerprint density at radius 2 is 1.86 bits per heavy atom. The van der Waals surface area contributed by atoms with E-state index in [-0.39, 0.29) is 18.1 Å². The highest BCUT2D eigenvalue weighted by atomic mass is 32.2. The second-order valence-corrected chi connectivity index (χ2v) is 10.0. The zero-order valence-electron chi connectivity index (χ0n) is 19.7. The SMILES string of the molecule is CCOC(=O)C1=C(C)N=c2sc(=C3C(=O)N(C)c4ccccc43)c(=O)n2C1c1ccc(SC)cc1. The van der Waals surface area contributed by atoms with Gasteiger partial charge in [0, 0.05) is 17.5 Å². The number of carbonyl (C=O) groups excluding carboxylic acids is 2. The van der Waals surface area contributed by atoms with E-state index < -0.39 is 12.0 Å². The van der Waals surface area contributed by atoms with Gasteiger partial charge in [-0.2, -0.15) is 0 Å². The van der Waals surface area contributed by atoms with Crippen LogP contribution in [0.5, 0.6) is 0 Å². The van der Waals surface area contributed by atoms with Crippen molar-refractivity contribution in [2.45, 2.75) is 24.8 Å². The van der Waals surface area contributed by atoms with Crippen LogP contribution in [0.4, 0.5) is 5.69 Å². The molecule has 0 radical (unpaired) electrons. The summed E-state index contributed by atoms with van der Waals surface area (Å²) in [5.74, 6) is -0.744. The maximum atomic E-state index is 13.9. The van der Waals surface area contributed by atoms with Crippen LogP contribution in [0, 0.1) is 0 Å². The number of thioether (sulfide) groups is 1. The Bertz CT molecular complexity index is 1580. The van der Waals surface area contributed by atoms with Crippen molar-refractivity contribution in [3.63, 3.8) is 0 Å². The number of ether oxygens (including phenoxy) is 1. The minimum Gasteiger partial charge on any atom is -0.463 e. The van der Waals surface area contributed by atoms with E-state index in [0.29, 0.717) is 31.7 Å². The van der Waals surface area contributed by atoms with Gasteiger partial charge in [0.25, 0.3) is 11.5 Å². The predicted molar refractivity (Wildman–Crippen MR) is 137 cm³/mol. The smallest absolute Gasteiger partial charge is 0.338 e. The fraction of sp³-hybridized carbons (Fsp3) is 0.231. The van der Waals surface area contributed by atoms with E-state index in [1.807, 2.05) is 54.8 Å². The quantitative estimate of drug-likeness (QED) is 0.402. The van der Waals surface area contributed by atoms with Crippen LogP contribution in [0.2, 0.25) is 0 Å². The summed E-state index contributed by atoms with van der Waals surface area (Å²) < 4.78 is 7.19. The topological polar surface area (TPSA) is 81.0 Å². The highest BCUT2D eigenvalue weighted by Crippen LogP contribution is 2.35. The van der Waals surface area contributed by atoms with Crippen LogP contribution in [0.1, 0.15) is 31.0 Å². The van der Waals surface area contributed by atoms with Crippen molar-refractivity contribution in [1.82, 2.24) is 4.57 Å². The average molecular weight is 506 g/mol. The number of hydrogen-bond donors (Lipinski definition) is 0. The Morgan fingerprint density at radius 3 is 2.54 bits per heavy atom. The largest absolute Gasteiger partial charge is 0.463 e. The van der Waals surface area contributed by atoms with Gasteiger partial charge in [0.2, 0.25) is 0 Å². The highest BCUT2D eigenvalue weighted by Gasteiger charge is 2.36. The van der Waals surface area contributed by atoms with E-state index >= 15 is 0 Å². The molecule has 0 saturated heterocycles. The molecule has 178 valence electrons. The third kappa shape index (κ3) is 3.66. The van der Waals surface area contributed by atoms with E-state index in [1.165, 1.54) is 15.9 Å². The zero-order chi connectivity index (χ0) is 24.9. The lowest BCUT2D eigenvalue weighted by Crippen LogP contribution is -2.40. The number of aromatic nitrogens is 1. The van der Waals surface area contributed by atoms with Crippen molar-refractivity contribution in [1.29, 1.82) is 0 Å². The number of allylic oxidation sites excluding steroid dienone is 1. The number of nitrogens with zero attached hydrogens (tertiary/aromatic N) is 3. The Balaban J connectivity index is 1.81. The molecule has 1 aromatic heterocycles. The number of anilines is 1. The lowest BCUT2D eigenvalue weighted by molar-refractivity contribution is -0.139. The second-order valence-electron chi connectivity index (χ2n) is 8.15. The van der Waals surface area contributed by atoms with Crippen molar-refractivity contribution in [2.24, 2.45) is 4.99 Å². The molecule has 7 nitrogen and oxygen atoms in total. The molecule has 35 heavy (non-hydrogen) atoms. The first-order chi connectivity index (χ1) is 16.9. The lowest BCUT2D eigenvalue weighted by Gasteiger charge is -2.24. The Morgan fingerprint density at radius 1 is 1.14 bits per heavy atom. The third-order valence-corrected chi connectivity index (χ3v) is 8.00. The Kier molecular flexibility index (Phi) is 5.98. The second kappa shape index (κ2) is 8.98. The summed E-state index contributed by atoms with van der Waals surface area (Å²) in [7, 11) is 1.70. The van der Waals surface area contributed by atoms with Gasteiger partial charge in [-0.25, -0.2) is 9.79 Å². The molecule has 0 saturated carbocycles. The van der Waals surface area contributed by atoms with E-state index in [2.05, 4.69) is 4.99 Å². The molecule has 1 atom stereocenters. The molecule has 2 aliphatic heterocycles. The minimum absolute atomic E-state index is 0.208. The molecule has 3 aromatic rings. The molecule has 1 unspecified atom stereocenters. The summed E-state index contributed by atoms with van der Waals surface area (Å²) in [5, 5.41) is 0. The average Bonchev–Trinajstić information content (AvgIpc) is 3.31. The summed E-state index contributed by atoms with van der Waals surface area (Å²) in [4.78, 5) is 47.9. The first kappa shape index (κ1) is 23.3. The number of rotatable bonds is 4. The van der Waals surface area contributed by atoms with Gasteiger partial charge in [-0.05, 0) is 43.9 Å². The molecule has 9 heteroatoms. The first-order valence-corrected chi connectivity index (χ1v) is 13.1. The van der Waals surface area contributed by atoms with Crippen LogP contribution < -0.4 is 19.8 Å². The molecule has 2 aromatic carbocycles. The standard InChI is InChI=1S/C26H23N3O4S2/c1-5-33-25(32)19-14(2)27-26-29(21(19)15-10-12-16(34-4)13-11-15)24(31)22(35-26)20-17-8-6-7-9-18(17)28(3)23(20)30/h6-13,21H,5H2,1-4H3. The summed E-state index contributed by atoms with van der Waals surface area (Å²) in [6.07, 6.45) is 1.99. The van der Waals surface area contributed by atoms with Crippen molar-refractivity contribution in [3.05, 3.63) is 90.6 Å². The number of likely N-dealkylation sites (N-methyl/N-ethyl adjacent to an activating group) is 1. The van der Waals surface area contributed by atoms with Crippen molar-refractivity contribution in [2.75, 3.05) is 24.8 Å². The van der Waals surface area contributed by atoms with Crippen molar-refractivity contribution < 1.29 is 14.3 Å². The molecule has 0 spiro atoms. The molecule has 2 aliphatic rings. The predicted octanol–water partition coefficient (Wildman–Crippen LogP) is 2.87. The maximum Gasteiger partial charge on any atom is 0.338 e. The number of fused-ring (bicyclic) bond motifs is 2. The first-order valence-electron chi connectivity index (χ1n) is 11.1. The van der Waals surface area contributed by atoms with E-state index in [1.54, 1.807) is 37.6 Å². The summed E-state index contributed by atoms with van der Waals surface area (Å²) in [6.45, 7) is 3.70. The normalized spacial score (nSPS) is 18.3. The molecule has 1 amide bonds. The molecular formula is C26H23N3O4S2. The van der Waals surface area contributed by atoms with Crippen LogP contribution in [0.3, 0.4) is 0 Å². The number of benzene rings is 2. The van der Waals surface area contributed by atoms with Crippen LogP contribution in [0.15, 0.2) is 74.5 Å². The van der Waals surface area contributed by atoms with Crippen LogP contribution >= 0.6 is 23.1 Å². The summed E-state index contributed by atoms with van der Waals surface area (Å²) in [6, 6.07) is 14.5. The molecule has 0 bridgehead atoms. The molecule has 0 fully saturated rings. The van der Waals surface area contributed by atoms with Gasteiger partial charge < -0.3 is 9.64 Å². The van der Waals surface area contributed by atoms with Gasteiger partial charge >= 0.3 is 5.97 Å². The monoisotopic (exact) mass is 505 g/mol. The number of esters is 1. The van der Waals surface area contributed by atoms with E-state index in [4.69, 9.17) is 4.74 Å². The fourth-order valence-corrected chi connectivity index (χ4v) is 6.08. The molecule has 0 N–H and O–H groups in total. The van der Waals surface area contributed by atoms with Gasteiger partial charge in [-0.15, -0.1) is 11.8 Å². The molecule has 3 heterocycles. The van der Waals surface area contributed by atoms with E-state index in [0.717, 1.165) is 16.1 Å². The van der Waals surface area contributed by atoms with Gasteiger partial charge in [-0.3, -0.25) is 14.2 Å². The number of para-hydroxylation sites is 1. The van der Waals surface area contributed by atoms with Gasteiger partial charge in [0.15, 0.2) is 4.80 Å². The summed E-state index contributed by atoms with van der Waals surface area (Å²) in [5.41, 5.74) is 3.07. The van der Waals surface area contributed by atoms with Crippen LogP contribution in [-0.4, -0.2) is 36.4 Å². The zero-order valence-corrected chi connectivity index (χ0v) is 21.3. The molecular weight excluding hydrogens is 482 g/mol. The van der Waals surface area contributed by atoms with Crippen LogP contribution in [0.25, 0.3) is 5.57 Å². The minimum atomic E-state index is -0.708. The molecule has 0 aliphatic carbocycles. The number of hydrogen-bond acceptors (Lipinski definition) is 7. The number of amides is 1. The molecule has 5 rings (SSSR count). The third-order valence-electron chi connectivity index (χ3n) is 6.20. The van der Waals surface area contributed by atoms with Gasteiger partial charge in [0.1, 0.15) is 4.53 Å². The lowest BCUT2D eigenvalue weighted by atomic mass is 9.96. The van der Waals surface area contributed by atoms with Crippen molar-refractivity contribution in [3.8, 4) is 0 Å². The highest BCUT2D eigenvalue weighted by molar-refractivity contribution is 7.98. The Labute approximate surface area is 210 Å². The van der Waals surface area contributed by atoms with E-state index in [9.17, 15) is 14.4 Å². The van der Waals surface area contributed by atoms with Crippen LogP contribution in [-0.2, 0) is 14.3 Å². The van der Waals surface area contributed by atoms with Gasteiger partial charge in [0.05, 0.1) is 35.2 Å². The summed E-state index contributed by atoms with van der Waals surface area (Å²) >= 11 is 2.78. The fourth-order valence-electron chi connectivity index (χ4n) is 4.53. The Hall–Kier alpha value is -3.43. The maximum absolute atomic E-state index is 13.9. The van der Waals surface area contributed by atoms with Gasteiger partial charge in [-0.1, -0.05) is 41.7 Å². The van der Waals surface area contributed by atoms with Crippen molar-refractivity contribution >= 4 is 46.2 Å². The number of thiazole rings is 1. The number of carbonyl (C=O) groups is 2.